The summed E-state index contributed by atoms with van der Waals surface area (Å²) < 4.78 is 144. The topological polar surface area (TPSA) is 803 Å². The number of hydrogen-bond acceptors (Lipinski definition) is 48. The number of hydrogen-bond donors (Lipinski definition) is 28. The quantitative estimate of drug-likeness (QED) is 0.0324. The maximum absolute atomic E-state index is 11.8. The number of unbranched alkanes of at least 4 members (excludes halogenated alkanes) is 1. The lowest BCUT2D eigenvalue weighted by Crippen LogP contribution is -2.68. The summed E-state index contributed by atoms with van der Waals surface area (Å²) in [6.45, 7) is 21.4. The van der Waals surface area contributed by atoms with E-state index in [0.29, 0.717) is 6.42 Å². The minimum atomic E-state index is -4.15. The van der Waals surface area contributed by atoms with Crippen molar-refractivity contribution in [1.82, 2.24) is 15.5 Å². The highest BCUT2D eigenvalue weighted by molar-refractivity contribution is 7.90. The predicted molar refractivity (Wildman–Crippen MR) is 478 cm³/mol. The van der Waals surface area contributed by atoms with Gasteiger partial charge in [0.05, 0.1) is 107 Å². The van der Waals surface area contributed by atoms with Crippen molar-refractivity contribution >= 4 is 31.8 Å². The van der Waals surface area contributed by atoms with Crippen LogP contribution in [0.4, 0.5) is 0 Å². The largest absolute Gasteiger partial charge is 0.394 e. The smallest absolute Gasteiger partial charge is 0.266 e. The molecule has 28 N–H and O–H groups in total. The summed E-state index contributed by atoms with van der Waals surface area (Å²) in [6, 6.07) is -0.141. The predicted octanol–water partition coefficient (Wildman–Crippen LogP) is -10.8. The molecule has 53 heteroatoms. The van der Waals surface area contributed by atoms with E-state index in [1.807, 2.05) is 34.6 Å². The van der Waals surface area contributed by atoms with Crippen LogP contribution in [-0.4, -0.2) is 525 Å². The van der Waals surface area contributed by atoms with Gasteiger partial charge in [0.25, 0.3) is 10.1 Å². The minimum absolute atomic E-state index is 0. The van der Waals surface area contributed by atoms with E-state index in [9.17, 15) is 154 Å². The third kappa shape index (κ3) is 34.6. The van der Waals surface area contributed by atoms with Crippen molar-refractivity contribution in [2.75, 3.05) is 83.6 Å². The van der Waals surface area contributed by atoms with Crippen LogP contribution in [0.25, 0.3) is 0 Å². The number of amides is 2. The molecule has 0 aromatic heterocycles. The number of carbonyl (C=O) groups excluding carboxylic acids is 2. The van der Waals surface area contributed by atoms with E-state index in [0.717, 1.165) is 12.2 Å². The molecular weight excluding hydrogens is 1910 g/mol. The molecule has 0 radical (unpaired) electrons. The van der Waals surface area contributed by atoms with E-state index < -0.39 is 340 Å². The Morgan fingerprint density at radius 2 is 0.669 bits per heavy atom. The highest BCUT2D eigenvalue weighted by Gasteiger charge is 2.60. The van der Waals surface area contributed by atoms with Crippen molar-refractivity contribution in [3.05, 3.63) is 0 Å². The molecule has 25 aliphatic rings. The van der Waals surface area contributed by atoms with E-state index in [2.05, 4.69) is 31.4 Å². The molecule has 0 aliphatic carbocycles. The number of sulfone groups is 1. The average molecular weight is 2070 g/mol. The van der Waals surface area contributed by atoms with E-state index >= 15 is 0 Å². The maximum atomic E-state index is 11.8. The van der Waals surface area contributed by atoms with Crippen molar-refractivity contribution < 1.29 is 234 Å². The summed E-state index contributed by atoms with van der Waals surface area (Å²) in [7, 11) is -7.32. The van der Waals surface area contributed by atoms with Gasteiger partial charge in [0.1, 0.15) is 193 Å². The van der Waals surface area contributed by atoms with Gasteiger partial charge in [0.2, 0.25) is 11.8 Å². The molecule has 12 bridgehead atoms. The van der Waals surface area contributed by atoms with E-state index in [4.69, 9.17) is 80.3 Å². The second kappa shape index (κ2) is 58.3. The van der Waals surface area contributed by atoms with Gasteiger partial charge in [0.15, 0.2) is 44.0 Å². The fraction of sp³-hybridized carbons (Fsp3) is 0.977. The minimum Gasteiger partial charge on any atom is -0.394 e. The molecule has 51 nitrogen and oxygen atoms in total. The van der Waals surface area contributed by atoms with Gasteiger partial charge in [-0.3, -0.25) is 19.0 Å². The zero-order chi connectivity index (χ0) is 104. The molecule has 25 aliphatic heterocycles. The second-order valence-electron chi connectivity index (χ2n) is 38.1. The highest BCUT2D eigenvalue weighted by Crippen LogP contribution is 2.41. The number of rotatable bonds is 28. The van der Waals surface area contributed by atoms with Gasteiger partial charge >= 0.3 is 0 Å². The van der Waals surface area contributed by atoms with Crippen LogP contribution in [0.15, 0.2) is 0 Å². The molecule has 45 atom stereocenters. The van der Waals surface area contributed by atoms with Gasteiger partial charge < -0.3 is 214 Å². The Morgan fingerprint density at radius 3 is 0.964 bits per heavy atom. The summed E-state index contributed by atoms with van der Waals surface area (Å²) in [4.78, 5) is 25.0. The van der Waals surface area contributed by atoms with Crippen LogP contribution < -0.4 is 10.6 Å². The van der Waals surface area contributed by atoms with Crippen LogP contribution >= 0.6 is 0 Å². The Hall–Kier alpha value is -2.88. The van der Waals surface area contributed by atoms with Crippen LogP contribution in [-0.2, 0) is 105 Å². The molecular formula is C86H163N3O48S2. The number of ether oxygens (including phenoxy) is 16. The zero-order valence-corrected chi connectivity index (χ0v) is 82.1. The summed E-state index contributed by atoms with van der Waals surface area (Å²) in [5.41, 5.74) is 0. The van der Waals surface area contributed by atoms with Crippen molar-refractivity contribution in [1.29, 1.82) is 0 Å². The van der Waals surface area contributed by atoms with E-state index in [1.165, 1.54) is 19.3 Å². The number of nitrogens with zero attached hydrogens (tertiary/aromatic N) is 1. The molecule has 25 fully saturated rings. The Bertz CT molecular complexity index is 3650. The van der Waals surface area contributed by atoms with Crippen LogP contribution in [0.3, 0.4) is 0 Å². The molecule has 2 amide bonds. The lowest BCUT2D eigenvalue weighted by atomic mass is 9.88. The fourth-order valence-electron chi connectivity index (χ4n) is 17.1. The van der Waals surface area contributed by atoms with Crippen molar-refractivity contribution in [3.63, 3.8) is 0 Å². The molecule has 0 aromatic rings. The van der Waals surface area contributed by atoms with Crippen LogP contribution in [0.5, 0.6) is 0 Å². The van der Waals surface area contributed by atoms with E-state index in [-0.39, 0.29) is 88.7 Å². The molecule has 0 saturated carbocycles. The number of nitrogens with one attached hydrogen (secondary N) is 2. The van der Waals surface area contributed by atoms with Gasteiger partial charge in [-0.05, 0) is 56.8 Å². The Kier molecular flexibility index (Phi) is 53.1. The normalized spacial score (nSPS) is 42.4. The third-order valence-electron chi connectivity index (χ3n) is 25.4. The van der Waals surface area contributed by atoms with E-state index in [1.54, 1.807) is 46.4 Å². The Labute approximate surface area is 810 Å². The highest BCUT2D eigenvalue weighted by atomic mass is 32.2. The van der Waals surface area contributed by atoms with Crippen molar-refractivity contribution in [2.45, 2.75) is 419 Å². The van der Waals surface area contributed by atoms with Crippen molar-refractivity contribution in [2.24, 2.45) is 29.6 Å². The molecule has 25 rings (SSSR count). The lowest BCUT2D eigenvalue weighted by molar-refractivity contribution is -0.403. The second-order valence-corrected chi connectivity index (χ2v) is 42.0. The monoisotopic (exact) mass is 2070 g/mol. The van der Waals surface area contributed by atoms with Crippen LogP contribution in [0, 0.1) is 29.6 Å². The number of aliphatic hydroxyl groups is 25. The van der Waals surface area contributed by atoms with Gasteiger partial charge in [-0.2, -0.15) is 8.42 Å². The Balaban J connectivity index is 0.000000388. The summed E-state index contributed by atoms with van der Waals surface area (Å²) in [6.07, 6.45) is -62.4. The van der Waals surface area contributed by atoms with Crippen LogP contribution in [0.1, 0.15) is 143 Å². The standard InChI is InChI=1S/C40H68O28.C16H30O9.C12H25N3O7S2.C10H20O4.C7H16.CH4/c1-4-11-29-17(45)23(51)35(57-11)65-31-13(6-41)60-38(26(54)20(31)48)67-33-15(8-43)62-40(28(56)22(33)50)68-34-16(9-44)61-39(27(55)21(34)49)66-32-14(7-42)59-37(25(53)19(32)47)64-30-12(5-10(2)3)58-36(63-29)24(52)18(30)46;1-6(2)14-11(20)12(21)15(9(5-18)23-14)25-16-13(22)10(19)7(3)8(4-17)24-16;1-10(2)15(8-11(16)13-4-6-23(3,18)19)9-12(17)14-5-7-24(20,21)22;1-4-6-7(11)8(12)9(13)10(14-6)5(2)3;1-4-5-6-7(2)3;/h10-56H,4-9H2,1-3H3;6-22H,4-5H2,1-3H3;10H,4-9H2,1-3H3,(H,13,16)(H,14,17)(H,20,21,22);5-13H,4H2,1-3H3;7H,4-6H2,1-3H3;1H4/t;7-,8-,9-,10+,11-,12-,13-,14-,15-,16-;;6-,7+,8+,9-,10+;;/m.1.1../s1. The number of carbonyl (C=O) groups is 2. The van der Waals surface area contributed by atoms with Gasteiger partial charge in [0, 0.05) is 31.3 Å². The van der Waals surface area contributed by atoms with Crippen LogP contribution in [0.2, 0.25) is 0 Å². The van der Waals surface area contributed by atoms with Crippen molar-refractivity contribution in [3.8, 4) is 0 Å². The molecule has 822 valence electrons. The molecule has 139 heavy (non-hydrogen) atoms. The lowest BCUT2D eigenvalue weighted by Gasteiger charge is -2.51. The third-order valence-corrected chi connectivity index (χ3v) is 27.0. The summed E-state index contributed by atoms with van der Waals surface area (Å²) in [5, 5.41) is 271. The van der Waals surface area contributed by atoms with Gasteiger partial charge in [-0.1, -0.05) is 110 Å². The van der Waals surface area contributed by atoms with Gasteiger partial charge in [-0.15, -0.1) is 0 Å². The molecule has 0 aromatic carbocycles. The molecule has 30 unspecified atom stereocenters. The first-order valence-corrected chi connectivity index (χ1v) is 50.7. The molecule has 0 spiro atoms. The maximum Gasteiger partial charge on any atom is 0.266 e. The zero-order valence-electron chi connectivity index (χ0n) is 80.5. The first kappa shape index (κ1) is 127. The summed E-state index contributed by atoms with van der Waals surface area (Å²) >= 11 is 0. The summed E-state index contributed by atoms with van der Waals surface area (Å²) in [5.74, 6) is -1.44. The molecule has 25 heterocycles. The first-order valence-electron chi connectivity index (χ1n) is 47.0. The van der Waals surface area contributed by atoms with Gasteiger partial charge in [-0.25, -0.2) is 8.42 Å². The first-order chi connectivity index (χ1) is 64.6. The number of aliphatic hydroxyl groups excluding tert-OH is 25. The fourth-order valence-corrected chi connectivity index (χ4v) is 17.9. The Morgan fingerprint density at radius 1 is 0.353 bits per heavy atom. The SMILES string of the molecule is C.CC(C)N(CC(=O)NCCS(C)(=O)=O)CC(=O)NCCS(=O)(=O)O.CC(C)[C@H]1O[C@H](CO)[C@@H](O[C@H]2O[C@H](CO)[C@@H](C)[C@H](O)[C@H]2O)[C@H](O)[C@H]1O.CCC1OC2OC3C(CO)OC(OC4C(CO)OC(OC5C(CO)OC(OC6C(CO)OC(OC7C(CC(C)C)OC(OC1C(O)C2O)C(O)C7O)C(O)C6O)C(O)C5O)C(O)C4O)C(O)C3O.CCCCC(C)C.CC[C@H]1O[C@@H](C(C)C)[C@H](O)[C@@H](O)[C@H]1O. The molecule has 25 saturated heterocycles. The average Bonchev–Trinajstić information content (AvgIpc) is 0.767.